The average Bonchev–Trinajstić information content (AvgIpc) is 3.86. The van der Waals surface area contributed by atoms with Gasteiger partial charge in [0.15, 0.2) is 0 Å². The number of allylic oxidation sites excluding steroid dienone is 4. The van der Waals surface area contributed by atoms with E-state index < -0.39 is 0 Å². The fourth-order valence-electron chi connectivity index (χ4n) is 7.87. The van der Waals surface area contributed by atoms with E-state index in [9.17, 15) is 0 Å². The van der Waals surface area contributed by atoms with Gasteiger partial charge in [0.05, 0.1) is 0 Å². The summed E-state index contributed by atoms with van der Waals surface area (Å²) in [6.07, 6.45) is 7.41. The van der Waals surface area contributed by atoms with E-state index in [1.54, 1.807) is 0 Å². The summed E-state index contributed by atoms with van der Waals surface area (Å²) in [6.45, 7) is 27.6. The van der Waals surface area contributed by atoms with E-state index in [4.69, 9.17) is 0 Å². The van der Waals surface area contributed by atoms with Gasteiger partial charge in [-0.15, -0.1) is 11.6 Å². The molecule has 5 aromatic rings. The van der Waals surface area contributed by atoms with Gasteiger partial charge in [-0.3, -0.25) is 6.08 Å². The third kappa shape index (κ3) is 9.02. The van der Waals surface area contributed by atoms with Crippen LogP contribution in [-0.4, -0.2) is 3.21 Å². The summed E-state index contributed by atoms with van der Waals surface area (Å²) in [4.78, 5) is 0. The fourth-order valence-corrected chi connectivity index (χ4v) is 8.69. The normalized spacial score (nSPS) is 15.3. The fraction of sp³-hybridized carbons (Fsp3) is 0.333. The smallest absolute Gasteiger partial charge is 0.172 e. The number of benzene rings is 4. The number of aryl methyl sites for hydroxylation is 2. The van der Waals surface area contributed by atoms with Crippen molar-refractivity contribution in [2.45, 2.75) is 100 Å². The second kappa shape index (κ2) is 16.3. The van der Waals surface area contributed by atoms with Crippen LogP contribution in [0.4, 0.5) is 0 Å². The molecule has 5 aromatic carbocycles. The first kappa shape index (κ1) is 43.8. The molecule has 0 aromatic heterocycles. The van der Waals surface area contributed by atoms with E-state index in [2.05, 4.69) is 168 Å². The zero-order chi connectivity index (χ0) is 37.8. The maximum absolute atomic E-state index is 3.85. The Balaban J connectivity index is 0.000000236. The van der Waals surface area contributed by atoms with Gasteiger partial charge in [0.2, 0.25) is 0 Å². The van der Waals surface area contributed by atoms with Gasteiger partial charge >= 0.3 is 112 Å². The van der Waals surface area contributed by atoms with Crippen molar-refractivity contribution in [1.82, 2.24) is 0 Å². The third-order valence-electron chi connectivity index (χ3n) is 10.8. The first-order chi connectivity index (χ1) is 24.3. The largest absolute Gasteiger partial charge is 1.00 e. The van der Waals surface area contributed by atoms with Gasteiger partial charge in [-0.25, -0.2) is 17.7 Å². The van der Waals surface area contributed by atoms with Crippen LogP contribution in [-0.2, 0) is 41.5 Å². The minimum atomic E-state index is -0.0202. The number of fused-ring (bicyclic) bond motifs is 5. The van der Waals surface area contributed by atoms with Crippen LogP contribution in [0.25, 0.3) is 22.3 Å². The van der Waals surface area contributed by atoms with E-state index in [1.165, 1.54) is 105 Å². The van der Waals surface area contributed by atoms with Gasteiger partial charge in [0.1, 0.15) is 0 Å². The summed E-state index contributed by atoms with van der Waals surface area (Å²) in [7, 11) is 0. The van der Waals surface area contributed by atoms with Crippen molar-refractivity contribution >= 4 is 14.4 Å². The monoisotopic (exact) mass is 828 g/mol. The second-order valence-corrected chi connectivity index (χ2v) is 19.5. The maximum Gasteiger partial charge on any atom is -0.172 e. The Hall–Kier alpha value is -2.96. The SMILES string of the molecule is CC(C)(C)C1=[C-]C(C)(C)c2cc3c(cc21)-c1cc2c(cc1C3)C(C)(C)C=C2C(C)(C)C.Cc1ccc([C](=[Zr+2])c2ccc(C)cc2)cc1.[Cl-].[Cl-].c1cc[cH-]c1. The second-order valence-electron chi connectivity index (χ2n) is 18.3. The number of rotatable bonds is 2. The number of hydrogen-bond acceptors (Lipinski definition) is 0. The average molecular weight is 831 g/mol. The van der Waals surface area contributed by atoms with Gasteiger partial charge in [0, 0.05) is 5.41 Å². The Kier molecular flexibility index (Phi) is 13.2. The van der Waals surface area contributed by atoms with Gasteiger partial charge < -0.3 is 24.8 Å². The van der Waals surface area contributed by atoms with E-state index >= 15 is 0 Å². The molecule has 54 heavy (non-hydrogen) atoms. The molecule has 3 aliphatic carbocycles. The predicted molar refractivity (Wildman–Crippen MR) is 222 cm³/mol. The molecule has 0 unspecified atom stereocenters. The van der Waals surface area contributed by atoms with Crippen molar-refractivity contribution in [3.05, 3.63) is 171 Å². The molecule has 3 aliphatic rings. The van der Waals surface area contributed by atoms with Crippen LogP contribution < -0.4 is 24.8 Å². The minimum absolute atomic E-state index is 0. The molecule has 0 saturated carbocycles. The van der Waals surface area contributed by atoms with Crippen LogP contribution in [0.5, 0.6) is 0 Å². The van der Waals surface area contributed by atoms with Crippen molar-refractivity contribution in [3.8, 4) is 11.1 Å². The standard InChI is InChI=1S/C31H37.C15H14.C5H5.2ClH.Zr/c1-28(2,3)26-16-30(7,8)24-12-18-11-19-13-25-23(15-21(19)20(18)14-22(24)26)27(29(4,5)6)17-31(25,9)10;1-12-3-7-14(8-4-12)11-15-9-5-13(2)6-10-15;1-2-4-5-3-1;;;/h12-16H,11H2,1-10H3;3-10H,1-2H3;1-5H;2*1H;/q-1;;-1;;;+2/p-2. The molecule has 0 saturated heterocycles. The van der Waals surface area contributed by atoms with Crippen molar-refractivity contribution in [1.29, 1.82) is 0 Å². The van der Waals surface area contributed by atoms with Gasteiger partial charge in [-0.1, -0.05) is 92.9 Å². The summed E-state index contributed by atoms with van der Waals surface area (Å²) < 4.78 is 1.42. The van der Waals surface area contributed by atoms with Gasteiger partial charge in [-0.05, 0) is 62.3 Å². The van der Waals surface area contributed by atoms with Crippen molar-refractivity contribution < 1.29 is 49.0 Å². The number of hydrogen-bond donors (Lipinski definition) is 0. The van der Waals surface area contributed by atoms with E-state index in [0.29, 0.717) is 0 Å². The third-order valence-corrected chi connectivity index (χ3v) is 12.2. The first-order valence-corrected chi connectivity index (χ1v) is 20.1. The van der Waals surface area contributed by atoms with Crippen LogP contribution in [0, 0.1) is 30.8 Å². The maximum atomic E-state index is 3.85. The summed E-state index contributed by atoms with van der Waals surface area (Å²) in [6, 6.07) is 37.5. The summed E-state index contributed by atoms with van der Waals surface area (Å²) >= 11 is 1.46. The molecule has 0 amide bonds. The summed E-state index contributed by atoms with van der Waals surface area (Å²) in [5.74, 6) is 0. The zero-order valence-electron chi connectivity index (χ0n) is 34.4. The molecular formula is C51H56Cl2Zr-2. The van der Waals surface area contributed by atoms with Crippen LogP contribution >= 0.6 is 0 Å². The summed E-state index contributed by atoms with van der Waals surface area (Å²) in [5.41, 5.74) is 20.2. The van der Waals surface area contributed by atoms with Crippen LogP contribution in [0.1, 0.15) is 125 Å². The Labute approximate surface area is 354 Å². The van der Waals surface area contributed by atoms with Gasteiger partial charge in [0.25, 0.3) is 0 Å². The zero-order valence-corrected chi connectivity index (χ0v) is 38.3. The van der Waals surface area contributed by atoms with E-state index in [1.807, 2.05) is 30.3 Å². The Bertz CT molecular complexity index is 2010. The van der Waals surface area contributed by atoms with E-state index in [-0.39, 0.29) is 46.5 Å². The molecule has 0 spiro atoms. The Morgan fingerprint density at radius 3 is 1.52 bits per heavy atom. The summed E-state index contributed by atoms with van der Waals surface area (Å²) in [5, 5.41) is 0. The predicted octanol–water partition coefficient (Wildman–Crippen LogP) is 7.33. The molecule has 0 fully saturated rings. The van der Waals surface area contributed by atoms with E-state index in [0.717, 1.165) is 6.42 Å². The topological polar surface area (TPSA) is 0 Å². The first-order valence-electron chi connectivity index (χ1n) is 18.9. The molecule has 8 rings (SSSR count). The van der Waals surface area contributed by atoms with Crippen LogP contribution in [0.3, 0.4) is 0 Å². The quantitative estimate of drug-likeness (QED) is 0.161. The molecule has 0 bridgehead atoms. The van der Waals surface area contributed by atoms with Gasteiger partial charge in [-0.2, -0.15) is 23.8 Å². The van der Waals surface area contributed by atoms with Crippen molar-refractivity contribution in [2.24, 2.45) is 10.8 Å². The molecule has 0 radical (unpaired) electrons. The number of halogens is 2. The Morgan fingerprint density at radius 1 is 0.630 bits per heavy atom. The molecule has 0 nitrogen and oxygen atoms in total. The molecular weight excluding hydrogens is 775 g/mol. The molecule has 3 heteroatoms. The minimum Gasteiger partial charge on any atom is -1.00 e. The molecule has 0 heterocycles. The van der Waals surface area contributed by atoms with Crippen LogP contribution in [0.15, 0.2) is 109 Å². The Morgan fingerprint density at radius 2 is 1.09 bits per heavy atom. The van der Waals surface area contributed by atoms with Crippen molar-refractivity contribution in [3.63, 3.8) is 0 Å². The van der Waals surface area contributed by atoms with Crippen LogP contribution in [0.2, 0.25) is 0 Å². The van der Waals surface area contributed by atoms with Crippen molar-refractivity contribution in [2.75, 3.05) is 0 Å². The molecule has 0 aliphatic heterocycles. The molecule has 280 valence electrons. The molecule has 0 atom stereocenters. The molecule has 0 N–H and O–H groups in total.